The summed E-state index contributed by atoms with van der Waals surface area (Å²) in [5.41, 5.74) is 2.31. The van der Waals surface area contributed by atoms with Crippen molar-refractivity contribution >= 4 is 23.3 Å². The number of amides is 1. The zero-order chi connectivity index (χ0) is 16.8. The molecule has 0 fully saturated rings. The number of benzene rings is 2. The zero-order valence-electron chi connectivity index (χ0n) is 13.0. The fraction of sp³-hybridized carbons (Fsp3) is 0.167. The average Bonchev–Trinajstić information content (AvgIpc) is 2.52. The zero-order valence-corrected chi connectivity index (χ0v) is 13.0. The fourth-order valence-corrected chi connectivity index (χ4v) is 2.00. The summed E-state index contributed by atoms with van der Waals surface area (Å²) in [5, 5.41) is 2.65. The maximum absolute atomic E-state index is 11.9. The van der Waals surface area contributed by atoms with E-state index in [0.717, 1.165) is 5.56 Å². The second-order valence-electron chi connectivity index (χ2n) is 5.13. The van der Waals surface area contributed by atoms with E-state index < -0.39 is 18.5 Å². The lowest BCUT2D eigenvalue weighted by Crippen LogP contribution is -2.21. The van der Waals surface area contributed by atoms with Crippen molar-refractivity contribution in [2.24, 2.45) is 0 Å². The Morgan fingerprint density at radius 1 is 1.00 bits per heavy atom. The van der Waals surface area contributed by atoms with Crippen molar-refractivity contribution in [3.63, 3.8) is 0 Å². The monoisotopic (exact) mass is 311 g/mol. The first-order chi connectivity index (χ1) is 11.0. The number of esters is 1. The van der Waals surface area contributed by atoms with Gasteiger partial charge in [0.25, 0.3) is 5.91 Å². The lowest BCUT2D eigenvalue weighted by molar-refractivity contribution is -0.119. The summed E-state index contributed by atoms with van der Waals surface area (Å²) in [5.74, 6) is -1.21. The molecule has 5 nitrogen and oxygen atoms in total. The van der Waals surface area contributed by atoms with Gasteiger partial charge in [0, 0.05) is 11.3 Å². The van der Waals surface area contributed by atoms with E-state index in [1.165, 1.54) is 19.1 Å². The molecule has 118 valence electrons. The lowest BCUT2D eigenvalue weighted by atomic mass is 10.1. The molecule has 0 spiro atoms. The van der Waals surface area contributed by atoms with Crippen LogP contribution in [0.15, 0.2) is 48.5 Å². The van der Waals surface area contributed by atoms with Crippen LogP contribution in [0.3, 0.4) is 0 Å². The molecule has 23 heavy (non-hydrogen) atoms. The van der Waals surface area contributed by atoms with E-state index in [1.807, 2.05) is 25.1 Å². The smallest absolute Gasteiger partial charge is 0.338 e. The van der Waals surface area contributed by atoms with Gasteiger partial charge in [-0.3, -0.25) is 9.59 Å². The van der Waals surface area contributed by atoms with E-state index in [0.29, 0.717) is 11.3 Å². The van der Waals surface area contributed by atoms with Crippen LogP contribution in [0.5, 0.6) is 0 Å². The summed E-state index contributed by atoms with van der Waals surface area (Å²) in [6, 6.07) is 13.5. The maximum atomic E-state index is 11.9. The number of aryl methyl sites for hydroxylation is 1. The van der Waals surface area contributed by atoms with Crippen LogP contribution >= 0.6 is 0 Å². The average molecular weight is 311 g/mol. The molecule has 0 saturated heterocycles. The minimum atomic E-state index is -0.646. The fourth-order valence-electron chi connectivity index (χ4n) is 2.00. The number of ether oxygens (including phenoxy) is 1. The number of nitrogens with one attached hydrogen (secondary N) is 1. The summed E-state index contributed by atoms with van der Waals surface area (Å²) in [6.07, 6.45) is 0. The Bertz CT molecular complexity index is 752. The first-order valence-electron chi connectivity index (χ1n) is 7.10. The molecule has 0 radical (unpaired) electrons. The predicted molar refractivity (Wildman–Crippen MR) is 86.5 cm³/mol. The molecule has 0 bridgehead atoms. The number of hydrogen-bond acceptors (Lipinski definition) is 4. The van der Waals surface area contributed by atoms with Crippen LogP contribution in [-0.4, -0.2) is 24.3 Å². The number of rotatable bonds is 5. The largest absolute Gasteiger partial charge is 0.452 e. The molecule has 0 aliphatic heterocycles. The van der Waals surface area contributed by atoms with Gasteiger partial charge in [0.2, 0.25) is 0 Å². The Hall–Kier alpha value is -2.95. The molecule has 0 saturated carbocycles. The molecule has 2 aromatic carbocycles. The van der Waals surface area contributed by atoms with E-state index in [2.05, 4.69) is 5.32 Å². The summed E-state index contributed by atoms with van der Waals surface area (Å²) in [4.78, 5) is 35.0. The summed E-state index contributed by atoms with van der Waals surface area (Å²) < 4.78 is 4.96. The molecule has 2 aromatic rings. The number of anilines is 1. The molecule has 1 N–H and O–H groups in total. The number of carbonyl (C=O) groups excluding carboxylic acids is 3. The Morgan fingerprint density at radius 3 is 2.39 bits per heavy atom. The van der Waals surface area contributed by atoms with Crippen LogP contribution in [0.2, 0.25) is 0 Å². The molecule has 5 heteroatoms. The maximum Gasteiger partial charge on any atom is 0.338 e. The quantitative estimate of drug-likeness (QED) is 0.680. The van der Waals surface area contributed by atoms with Gasteiger partial charge in [0.1, 0.15) is 0 Å². The van der Waals surface area contributed by atoms with Gasteiger partial charge in [0.15, 0.2) is 12.4 Å². The molecule has 0 aliphatic carbocycles. The van der Waals surface area contributed by atoms with Gasteiger partial charge >= 0.3 is 5.97 Å². The number of Topliss-reactive ketones (excluding diaryl/α,β-unsaturated/α-hetero) is 1. The first-order valence-corrected chi connectivity index (χ1v) is 7.10. The van der Waals surface area contributed by atoms with E-state index in [1.54, 1.807) is 18.2 Å². The van der Waals surface area contributed by atoms with Crippen molar-refractivity contribution in [2.75, 3.05) is 11.9 Å². The normalized spacial score (nSPS) is 10.0. The second-order valence-corrected chi connectivity index (χ2v) is 5.13. The third-order valence-electron chi connectivity index (χ3n) is 3.14. The Balaban J connectivity index is 1.92. The van der Waals surface area contributed by atoms with Crippen molar-refractivity contribution in [3.8, 4) is 0 Å². The van der Waals surface area contributed by atoms with Crippen molar-refractivity contribution in [3.05, 3.63) is 65.2 Å². The van der Waals surface area contributed by atoms with E-state index in [4.69, 9.17) is 4.74 Å². The Morgan fingerprint density at radius 2 is 1.70 bits per heavy atom. The van der Waals surface area contributed by atoms with Crippen LogP contribution in [0.25, 0.3) is 0 Å². The van der Waals surface area contributed by atoms with Crippen LogP contribution < -0.4 is 5.32 Å². The van der Waals surface area contributed by atoms with E-state index in [-0.39, 0.29) is 11.3 Å². The minimum absolute atomic E-state index is 0.142. The molecule has 0 aliphatic rings. The number of ketones is 1. The van der Waals surface area contributed by atoms with Crippen molar-refractivity contribution in [1.82, 2.24) is 0 Å². The van der Waals surface area contributed by atoms with Gasteiger partial charge in [-0.15, -0.1) is 0 Å². The van der Waals surface area contributed by atoms with Gasteiger partial charge < -0.3 is 10.1 Å². The standard InChI is InChI=1S/C18H17NO4/c1-12-5-3-8-16(9-12)19-17(21)11-23-18(22)15-7-4-6-14(10-15)13(2)20/h3-10H,11H2,1-2H3,(H,19,21). The SMILES string of the molecule is CC(=O)c1cccc(C(=O)OCC(=O)Nc2cccc(C)c2)c1. The molecular weight excluding hydrogens is 294 g/mol. The molecule has 0 heterocycles. The van der Waals surface area contributed by atoms with Crippen molar-refractivity contribution in [2.45, 2.75) is 13.8 Å². The summed E-state index contributed by atoms with van der Waals surface area (Å²) in [7, 11) is 0. The summed E-state index contributed by atoms with van der Waals surface area (Å²) >= 11 is 0. The molecule has 0 aromatic heterocycles. The van der Waals surface area contributed by atoms with Crippen molar-refractivity contribution < 1.29 is 19.1 Å². The Labute approximate surface area is 134 Å². The second kappa shape index (κ2) is 7.35. The highest BCUT2D eigenvalue weighted by molar-refractivity contribution is 5.99. The highest BCUT2D eigenvalue weighted by Gasteiger charge is 2.12. The number of carbonyl (C=O) groups is 3. The highest BCUT2D eigenvalue weighted by atomic mass is 16.5. The molecule has 0 atom stereocenters. The van der Waals surface area contributed by atoms with Crippen LogP contribution in [0.1, 0.15) is 33.2 Å². The third kappa shape index (κ3) is 4.78. The first kappa shape index (κ1) is 16.4. The topological polar surface area (TPSA) is 72.5 Å². The highest BCUT2D eigenvalue weighted by Crippen LogP contribution is 2.10. The summed E-state index contributed by atoms with van der Waals surface area (Å²) in [6.45, 7) is 2.94. The van der Waals surface area contributed by atoms with Crippen LogP contribution in [0, 0.1) is 6.92 Å². The molecule has 1 amide bonds. The molecule has 2 rings (SSSR count). The third-order valence-corrected chi connectivity index (χ3v) is 3.14. The lowest BCUT2D eigenvalue weighted by Gasteiger charge is -2.07. The van der Waals surface area contributed by atoms with Gasteiger partial charge in [-0.1, -0.05) is 24.3 Å². The molecular formula is C18H17NO4. The van der Waals surface area contributed by atoms with Crippen LogP contribution in [-0.2, 0) is 9.53 Å². The van der Waals surface area contributed by atoms with Gasteiger partial charge in [-0.05, 0) is 43.7 Å². The van der Waals surface area contributed by atoms with E-state index >= 15 is 0 Å². The van der Waals surface area contributed by atoms with Gasteiger partial charge in [-0.2, -0.15) is 0 Å². The number of hydrogen-bond donors (Lipinski definition) is 1. The van der Waals surface area contributed by atoms with Crippen molar-refractivity contribution in [1.29, 1.82) is 0 Å². The predicted octanol–water partition coefficient (Wildman–Crippen LogP) is 2.99. The van der Waals surface area contributed by atoms with E-state index in [9.17, 15) is 14.4 Å². The Kier molecular flexibility index (Phi) is 5.25. The van der Waals surface area contributed by atoms with Gasteiger partial charge in [0.05, 0.1) is 5.56 Å². The molecule has 0 unspecified atom stereocenters. The minimum Gasteiger partial charge on any atom is -0.452 e. The van der Waals surface area contributed by atoms with Crippen LogP contribution in [0.4, 0.5) is 5.69 Å². The van der Waals surface area contributed by atoms with Gasteiger partial charge in [-0.25, -0.2) is 4.79 Å².